The summed E-state index contributed by atoms with van der Waals surface area (Å²) in [5.41, 5.74) is 2.93. The van der Waals surface area contributed by atoms with Gasteiger partial charge in [0.15, 0.2) is 0 Å². The van der Waals surface area contributed by atoms with E-state index < -0.39 is 35.4 Å². The molecule has 0 radical (unpaired) electrons. The van der Waals surface area contributed by atoms with Crippen LogP contribution in [0.5, 0.6) is 0 Å². The number of hydrogen-bond acceptors (Lipinski definition) is 5. The first-order chi connectivity index (χ1) is 16.3. The highest BCUT2D eigenvalue weighted by Crippen LogP contribution is 2.41. The summed E-state index contributed by atoms with van der Waals surface area (Å²) in [5, 5.41) is 9.60. The number of nitrogens with zero attached hydrogens (tertiary/aromatic N) is 1. The third kappa shape index (κ3) is 5.26. The van der Waals surface area contributed by atoms with Crippen LogP contribution < -0.4 is 5.73 Å². The van der Waals surface area contributed by atoms with E-state index in [2.05, 4.69) is 0 Å². The molecule has 1 heterocycles. The molecule has 0 fully saturated rings. The zero-order valence-electron chi connectivity index (χ0n) is 18.3. The van der Waals surface area contributed by atoms with E-state index in [-0.39, 0.29) is 46.6 Å². The van der Waals surface area contributed by atoms with Gasteiger partial charge < -0.3 is 15.2 Å². The molecular formula is C24H18F6N2O3. The summed E-state index contributed by atoms with van der Waals surface area (Å²) in [6, 6.07) is 8.52. The van der Waals surface area contributed by atoms with Crippen LogP contribution in [0.1, 0.15) is 36.5 Å². The molecule has 184 valence electrons. The van der Waals surface area contributed by atoms with E-state index in [0.717, 1.165) is 0 Å². The van der Waals surface area contributed by atoms with Gasteiger partial charge in [-0.25, -0.2) is 4.79 Å². The molecule has 0 aromatic heterocycles. The van der Waals surface area contributed by atoms with Gasteiger partial charge in [-0.2, -0.15) is 31.6 Å². The number of carbonyl (C=O) groups excluding carboxylic acids is 1. The molecule has 1 unspecified atom stereocenters. The second-order valence-electron chi connectivity index (χ2n) is 7.53. The van der Waals surface area contributed by atoms with Crippen molar-refractivity contribution < 1.29 is 40.6 Å². The van der Waals surface area contributed by atoms with Crippen LogP contribution in [-0.2, 0) is 26.6 Å². The number of allylic oxidation sites excluding steroid dienone is 2. The minimum atomic E-state index is -4.99. The molecule has 1 aliphatic heterocycles. The molecule has 0 amide bonds. The minimum absolute atomic E-state index is 0.00350. The number of hydrogen-bond donors (Lipinski definition) is 1. The van der Waals surface area contributed by atoms with Gasteiger partial charge in [0.1, 0.15) is 17.4 Å². The number of rotatable bonds is 4. The second kappa shape index (κ2) is 9.37. The average molecular weight is 496 g/mol. The summed E-state index contributed by atoms with van der Waals surface area (Å²) >= 11 is 0. The van der Waals surface area contributed by atoms with E-state index >= 15 is 0 Å². The van der Waals surface area contributed by atoms with E-state index in [1.807, 2.05) is 6.07 Å². The standard InChI is InChI=1S/C24H18F6N2O3/c1-3-34-22(33)19-12(2)35-21(32)18(11-31)20(19)14-6-4-13(5-7-14)15-8-16(23(25,26)27)10-17(9-15)24(28,29)30/h4-10,20H,3,32H2,1-2H3. The smallest absolute Gasteiger partial charge is 0.416 e. The highest BCUT2D eigenvalue weighted by Gasteiger charge is 2.38. The Morgan fingerprint density at radius 2 is 1.57 bits per heavy atom. The van der Waals surface area contributed by atoms with Crippen LogP contribution in [0, 0.1) is 11.3 Å². The highest BCUT2D eigenvalue weighted by molar-refractivity contribution is 5.92. The third-order valence-electron chi connectivity index (χ3n) is 5.27. The van der Waals surface area contributed by atoms with Crippen molar-refractivity contribution in [2.45, 2.75) is 32.1 Å². The normalized spacial score (nSPS) is 16.6. The zero-order valence-corrected chi connectivity index (χ0v) is 18.3. The van der Waals surface area contributed by atoms with Crippen molar-refractivity contribution in [1.82, 2.24) is 0 Å². The summed E-state index contributed by atoms with van der Waals surface area (Å²) in [6.07, 6.45) is -9.97. The Bertz CT molecular complexity index is 1220. The van der Waals surface area contributed by atoms with Crippen molar-refractivity contribution >= 4 is 5.97 Å². The summed E-state index contributed by atoms with van der Waals surface area (Å²) in [5.74, 6) is -1.90. The van der Waals surface area contributed by atoms with Crippen LogP contribution in [0.2, 0.25) is 0 Å². The second-order valence-corrected chi connectivity index (χ2v) is 7.53. The van der Waals surface area contributed by atoms with E-state index in [0.29, 0.717) is 17.7 Å². The molecule has 0 spiro atoms. The zero-order chi connectivity index (χ0) is 26.1. The van der Waals surface area contributed by atoms with Crippen LogP contribution in [-0.4, -0.2) is 12.6 Å². The van der Waals surface area contributed by atoms with Gasteiger partial charge in [0.25, 0.3) is 0 Å². The Labute approximate surface area is 196 Å². The molecule has 0 saturated heterocycles. The number of esters is 1. The lowest BCUT2D eigenvalue weighted by Crippen LogP contribution is -2.25. The Hall–Kier alpha value is -3.94. The Balaban J connectivity index is 2.12. The van der Waals surface area contributed by atoms with Gasteiger partial charge in [-0.15, -0.1) is 0 Å². The van der Waals surface area contributed by atoms with Gasteiger partial charge >= 0.3 is 18.3 Å². The molecule has 35 heavy (non-hydrogen) atoms. The van der Waals surface area contributed by atoms with Crippen molar-refractivity contribution in [2.24, 2.45) is 5.73 Å². The molecule has 0 saturated carbocycles. The minimum Gasteiger partial charge on any atom is -0.463 e. The van der Waals surface area contributed by atoms with E-state index in [4.69, 9.17) is 15.2 Å². The molecule has 2 aromatic carbocycles. The van der Waals surface area contributed by atoms with Gasteiger partial charge in [-0.1, -0.05) is 24.3 Å². The number of alkyl halides is 6. The van der Waals surface area contributed by atoms with E-state index in [1.54, 1.807) is 6.92 Å². The fourth-order valence-corrected chi connectivity index (χ4v) is 3.68. The Morgan fingerprint density at radius 1 is 1.03 bits per heavy atom. The summed E-state index contributed by atoms with van der Waals surface area (Å²) < 4.78 is 89.7. The molecule has 1 atom stereocenters. The summed E-state index contributed by atoms with van der Waals surface area (Å²) in [4.78, 5) is 12.6. The number of halogens is 6. The maximum absolute atomic E-state index is 13.2. The number of carbonyl (C=O) groups is 1. The first-order valence-corrected chi connectivity index (χ1v) is 10.1. The van der Waals surface area contributed by atoms with Gasteiger partial charge in [-0.3, -0.25) is 0 Å². The number of nitrogens with two attached hydrogens (primary N) is 1. The first kappa shape index (κ1) is 25.7. The lowest BCUT2D eigenvalue weighted by molar-refractivity contribution is -0.143. The molecule has 11 heteroatoms. The van der Waals surface area contributed by atoms with Crippen LogP contribution in [0.25, 0.3) is 11.1 Å². The monoisotopic (exact) mass is 496 g/mol. The topological polar surface area (TPSA) is 85.3 Å². The molecule has 2 N–H and O–H groups in total. The van der Waals surface area contributed by atoms with Crippen LogP contribution in [0.4, 0.5) is 26.3 Å². The number of benzene rings is 2. The Kier molecular flexibility index (Phi) is 6.87. The maximum atomic E-state index is 13.2. The van der Waals surface area contributed by atoms with Gasteiger partial charge in [0, 0.05) is 0 Å². The highest BCUT2D eigenvalue weighted by atomic mass is 19.4. The van der Waals surface area contributed by atoms with Gasteiger partial charge in [-0.05, 0) is 48.7 Å². The molecule has 0 aliphatic carbocycles. The number of nitriles is 1. The van der Waals surface area contributed by atoms with Crippen LogP contribution in [0.3, 0.4) is 0 Å². The lowest BCUT2D eigenvalue weighted by atomic mass is 9.82. The van der Waals surface area contributed by atoms with E-state index in [1.165, 1.54) is 31.2 Å². The summed E-state index contributed by atoms with van der Waals surface area (Å²) in [7, 11) is 0. The largest absolute Gasteiger partial charge is 0.463 e. The third-order valence-corrected chi connectivity index (χ3v) is 5.27. The quantitative estimate of drug-likeness (QED) is 0.412. The van der Waals surface area contributed by atoms with Crippen molar-refractivity contribution in [3.8, 4) is 17.2 Å². The lowest BCUT2D eigenvalue weighted by Gasteiger charge is -2.27. The molecule has 5 nitrogen and oxygen atoms in total. The SMILES string of the molecule is CCOC(=O)C1=C(C)OC(N)=C(C#N)C1c1ccc(-c2cc(C(F)(F)F)cc(C(F)(F)F)c2)cc1. The molecule has 3 rings (SSSR count). The van der Waals surface area contributed by atoms with Gasteiger partial charge in [0.05, 0.1) is 29.2 Å². The molecule has 2 aromatic rings. The maximum Gasteiger partial charge on any atom is 0.416 e. The molecule has 0 bridgehead atoms. The fraction of sp³-hybridized carbons (Fsp3) is 0.250. The summed E-state index contributed by atoms with van der Waals surface area (Å²) in [6.45, 7) is 3.08. The van der Waals surface area contributed by atoms with Crippen molar-refractivity contribution in [3.63, 3.8) is 0 Å². The molecule has 1 aliphatic rings. The predicted molar refractivity (Wildman–Crippen MR) is 112 cm³/mol. The predicted octanol–water partition coefficient (Wildman–Crippen LogP) is 6.04. The van der Waals surface area contributed by atoms with Crippen molar-refractivity contribution in [1.29, 1.82) is 5.26 Å². The Morgan fingerprint density at radius 3 is 2.03 bits per heavy atom. The van der Waals surface area contributed by atoms with Crippen molar-refractivity contribution in [2.75, 3.05) is 6.61 Å². The van der Waals surface area contributed by atoms with Crippen molar-refractivity contribution in [3.05, 3.63) is 81.9 Å². The molecular weight excluding hydrogens is 478 g/mol. The van der Waals surface area contributed by atoms with Crippen LogP contribution in [0.15, 0.2) is 65.3 Å². The fourth-order valence-electron chi connectivity index (χ4n) is 3.68. The van der Waals surface area contributed by atoms with E-state index in [9.17, 15) is 36.4 Å². The first-order valence-electron chi connectivity index (χ1n) is 10.1. The number of ether oxygens (including phenoxy) is 2. The van der Waals surface area contributed by atoms with Gasteiger partial charge in [0.2, 0.25) is 5.88 Å². The average Bonchev–Trinajstić information content (AvgIpc) is 2.77. The van der Waals surface area contributed by atoms with Crippen LogP contribution >= 0.6 is 0 Å².